The van der Waals surface area contributed by atoms with E-state index in [9.17, 15) is 22.7 Å². The molecule has 0 bridgehead atoms. The van der Waals surface area contributed by atoms with E-state index in [0.29, 0.717) is 30.7 Å². The molecule has 1 nitrogen and oxygen atoms in total. The fourth-order valence-corrected chi connectivity index (χ4v) is 3.47. The molecular formula is C16H20F4O. The molecule has 1 fully saturated rings. The Hall–Kier alpha value is -1.10. The highest BCUT2D eigenvalue weighted by Gasteiger charge is 2.35. The summed E-state index contributed by atoms with van der Waals surface area (Å²) >= 11 is 0. The average molecular weight is 304 g/mol. The Morgan fingerprint density at radius 3 is 2.19 bits per heavy atom. The second kappa shape index (κ2) is 5.95. The van der Waals surface area contributed by atoms with Gasteiger partial charge in [-0.1, -0.05) is 13.8 Å². The van der Waals surface area contributed by atoms with Gasteiger partial charge in [0.25, 0.3) is 0 Å². The standard InChI is InChI=1S/C16H20F4O/c1-9-5-10(2)7-11(6-9)15(21)13-8-12(16(18,19)20)3-4-14(13)17/h3-4,8-11,15,21H,5-7H2,1-2H3. The SMILES string of the molecule is CC1CC(C)CC(C(O)c2cc(C(F)(F)F)ccc2F)C1. The molecule has 0 heterocycles. The molecule has 0 spiro atoms. The molecule has 1 saturated carbocycles. The Morgan fingerprint density at radius 1 is 1.10 bits per heavy atom. The lowest BCUT2D eigenvalue weighted by molar-refractivity contribution is -0.137. The number of aliphatic hydroxyl groups is 1. The van der Waals surface area contributed by atoms with Crippen molar-refractivity contribution in [2.75, 3.05) is 0 Å². The van der Waals surface area contributed by atoms with Crippen molar-refractivity contribution in [1.29, 1.82) is 0 Å². The van der Waals surface area contributed by atoms with Crippen LogP contribution >= 0.6 is 0 Å². The lowest BCUT2D eigenvalue weighted by atomic mass is 9.73. The van der Waals surface area contributed by atoms with Gasteiger partial charge in [-0.25, -0.2) is 4.39 Å². The average Bonchev–Trinajstić information content (AvgIpc) is 2.36. The fraction of sp³-hybridized carbons (Fsp3) is 0.625. The predicted molar refractivity (Wildman–Crippen MR) is 72.0 cm³/mol. The molecule has 3 atom stereocenters. The van der Waals surface area contributed by atoms with E-state index in [2.05, 4.69) is 13.8 Å². The molecule has 1 aliphatic carbocycles. The molecule has 1 aliphatic rings. The van der Waals surface area contributed by atoms with Crippen molar-refractivity contribution in [3.05, 3.63) is 35.1 Å². The molecule has 21 heavy (non-hydrogen) atoms. The van der Waals surface area contributed by atoms with Gasteiger partial charge in [0.05, 0.1) is 11.7 Å². The number of halogens is 4. The number of alkyl halides is 3. The van der Waals surface area contributed by atoms with Crippen LogP contribution in [0.15, 0.2) is 18.2 Å². The van der Waals surface area contributed by atoms with Gasteiger partial charge in [-0.3, -0.25) is 0 Å². The lowest BCUT2D eigenvalue weighted by Gasteiger charge is -2.34. The summed E-state index contributed by atoms with van der Waals surface area (Å²) in [4.78, 5) is 0. The Bertz CT molecular complexity index is 488. The first-order valence-electron chi connectivity index (χ1n) is 7.23. The molecule has 3 unspecified atom stereocenters. The van der Waals surface area contributed by atoms with Gasteiger partial charge < -0.3 is 5.11 Å². The van der Waals surface area contributed by atoms with Gasteiger partial charge in [0.15, 0.2) is 0 Å². The zero-order valence-electron chi connectivity index (χ0n) is 12.1. The molecule has 0 aliphatic heterocycles. The normalized spacial score (nSPS) is 28.4. The fourth-order valence-electron chi connectivity index (χ4n) is 3.47. The molecule has 118 valence electrons. The minimum absolute atomic E-state index is 0.193. The topological polar surface area (TPSA) is 20.2 Å². The van der Waals surface area contributed by atoms with E-state index in [-0.39, 0.29) is 11.5 Å². The quantitative estimate of drug-likeness (QED) is 0.766. The van der Waals surface area contributed by atoms with E-state index in [1.807, 2.05) is 0 Å². The molecule has 0 radical (unpaired) electrons. The lowest BCUT2D eigenvalue weighted by Crippen LogP contribution is -2.25. The minimum Gasteiger partial charge on any atom is -0.388 e. The summed E-state index contributed by atoms with van der Waals surface area (Å²) in [5.74, 6) is -0.187. The highest BCUT2D eigenvalue weighted by molar-refractivity contribution is 5.29. The molecule has 1 N–H and O–H groups in total. The third-order valence-corrected chi connectivity index (χ3v) is 4.30. The van der Waals surface area contributed by atoms with E-state index in [0.717, 1.165) is 18.6 Å². The van der Waals surface area contributed by atoms with Gasteiger partial charge in [0, 0.05) is 5.56 Å². The van der Waals surface area contributed by atoms with Crippen LogP contribution in [0.4, 0.5) is 17.6 Å². The smallest absolute Gasteiger partial charge is 0.388 e. The van der Waals surface area contributed by atoms with E-state index in [1.54, 1.807) is 0 Å². The van der Waals surface area contributed by atoms with Crippen molar-refractivity contribution in [3.63, 3.8) is 0 Å². The molecule has 0 aromatic heterocycles. The maximum atomic E-state index is 13.8. The first-order valence-corrected chi connectivity index (χ1v) is 7.23. The molecule has 2 rings (SSSR count). The van der Waals surface area contributed by atoms with Gasteiger partial charge in [-0.2, -0.15) is 13.2 Å². The van der Waals surface area contributed by atoms with Crippen molar-refractivity contribution < 1.29 is 22.7 Å². The van der Waals surface area contributed by atoms with E-state index < -0.39 is 23.7 Å². The summed E-state index contributed by atoms with van der Waals surface area (Å²) < 4.78 is 52.0. The zero-order valence-corrected chi connectivity index (χ0v) is 12.1. The van der Waals surface area contributed by atoms with Crippen LogP contribution in [-0.2, 0) is 6.18 Å². The maximum Gasteiger partial charge on any atom is 0.416 e. The Balaban J connectivity index is 2.28. The molecule has 1 aromatic rings. The van der Waals surface area contributed by atoms with Gasteiger partial charge >= 0.3 is 6.18 Å². The van der Waals surface area contributed by atoms with Crippen LogP contribution in [-0.4, -0.2) is 5.11 Å². The largest absolute Gasteiger partial charge is 0.416 e. The third kappa shape index (κ3) is 3.76. The first kappa shape index (κ1) is 16.3. The summed E-state index contributed by atoms with van der Waals surface area (Å²) in [6, 6.07) is 2.23. The van der Waals surface area contributed by atoms with Crippen LogP contribution in [0.2, 0.25) is 0 Å². The van der Waals surface area contributed by atoms with E-state index in [4.69, 9.17) is 0 Å². The summed E-state index contributed by atoms with van der Waals surface area (Å²) in [6.45, 7) is 4.11. The van der Waals surface area contributed by atoms with Crippen molar-refractivity contribution in [2.45, 2.75) is 45.4 Å². The number of benzene rings is 1. The number of hydrogen-bond donors (Lipinski definition) is 1. The van der Waals surface area contributed by atoms with Gasteiger partial charge in [0.1, 0.15) is 5.82 Å². The van der Waals surface area contributed by atoms with Crippen molar-refractivity contribution in [3.8, 4) is 0 Å². The van der Waals surface area contributed by atoms with Crippen LogP contribution in [0.3, 0.4) is 0 Å². The van der Waals surface area contributed by atoms with Crippen LogP contribution in [0, 0.1) is 23.6 Å². The highest BCUT2D eigenvalue weighted by atomic mass is 19.4. The van der Waals surface area contributed by atoms with Crippen molar-refractivity contribution in [2.24, 2.45) is 17.8 Å². The van der Waals surface area contributed by atoms with E-state index >= 15 is 0 Å². The van der Waals surface area contributed by atoms with Gasteiger partial charge in [-0.05, 0) is 55.2 Å². The Morgan fingerprint density at radius 2 is 1.67 bits per heavy atom. The summed E-state index contributed by atoms with van der Waals surface area (Å²) in [6.07, 6.45) is -3.26. The maximum absolute atomic E-state index is 13.8. The summed E-state index contributed by atoms with van der Waals surface area (Å²) in [5, 5.41) is 10.3. The van der Waals surface area contributed by atoms with Crippen LogP contribution in [0.25, 0.3) is 0 Å². The molecule has 0 saturated heterocycles. The number of aliphatic hydroxyl groups excluding tert-OH is 1. The van der Waals surface area contributed by atoms with Crippen LogP contribution in [0.1, 0.15) is 50.3 Å². The van der Waals surface area contributed by atoms with E-state index in [1.165, 1.54) is 0 Å². The second-order valence-electron chi connectivity index (χ2n) is 6.36. The van der Waals surface area contributed by atoms with Crippen LogP contribution < -0.4 is 0 Å². The Kier molecular flexibility index (Phi) is 4.61. The summed E-state index contributed by atoms with van der Waals surface area (Å²) in [7, 11) is 0. The first-order chi connectivity index (χ1) is 9.68. The zero-order chi connectivity index (χ0) is 15.8. The monoisotopic (exact) mass is 304 g/mol. The summed E-state index contributed by atoms with van der Waals surface area (Å²) in [5.41, 5.74) is -1.16. The number of hydrogen-bond acceptors (Lipinski definition) is 1. The second-order valence-corrected chi connectivity index (χ2v) is 6.36. The molecule has 1 aromatic carbocycles. The van der Waals surface area contributed by atoms with Crippen molar-refractivity contribution in [1.82, 2.24) is 0 Å². The highest BCUT2D eigenvalue weighted by Crippen LogP contribution is 2.41. The third-order valence-electron chi connectivity index (χ3n) is 4.30. The van der Waals surface area contributed by atoms with Gasteiger partial charge in [0.2, 0.25) is 0 Å². The van der Waals surface area contributed by atoms with Crippen LogP contribution in [0.5, 0.6) is 0 Å². The van der Waals surface area contributed by atoms with Gasteiger partial charge in [-0.15, -0.1) is 0 Å². The minimum atomic E-state index is -4.53. The van der Waals surface area contributed by atoms with Crippen molar-refractivity contribution >= 4 is 0 Å². The molecule has 0 amide bonds. The molecule has 5 heteroatoms. The number of rotatable bonds is 2. The Labute approximate surface area is 122 Å². The predicted octanol–water partition coefficient (Wildman–Crippen LogP) is 4.95. The molecular weight excluding hydrogens is 284 g/mol.